The molecule has 3 heterocycles. The Morgan fingerprint density at radius 3 is 2.96 bits per heavy atom. The predicted molar refractivity (Wildman–Crippen MR) is 103 cm³/mol. The molecule has 1 unspecified atom stereocenters. The van der Waals surface area contributed by atoms with E-state index in [0.717, 1.165) is 22.1 Å². The van der Waals surface area contributed by atoms with Gasteiger partial charge in [0.25, 0.3) is 5.56 Å². The molecule has 6 nitrogen and oxygen atoms in total. The minimum absolute atomic E-state index is 0.127. The molecular weight excluding hydrogens is 354 g/mol. The maximum atomic E-state index is 12.2. The van der Waals surface area contributed by atoms with Crippen molar-refractivity contribution in [1.82, 2.24) is 24.5 Å². The van der Waals surface area contributed by atoms with Crippen LogP contribution in [-0.4, -0.2) is 43.8 Å². The second-order valence-electron chi connectivity index (χ2n) is 6.09. The highest BCUT2D eigenvalue weighted by atomic mass is 32.2. The average molecular weight is 376 g/mol. The predicted octanol–water partition coefficient (Wildman–Crippen LogP) is 2.64. The molecule has 0 aliphatic rings. The summed E-state index contributed by atoms with van der Waals surface area (Å²) in [5, 5.41) is 4.25. The van der Waals surface area contributed by atoms with Crippen molar-refractivity contribution in [2.45, 2.75) is 37.2 Å². The average Bonchev–Trinajstić information content (AvgIpc) is 3.00. The second kappa shape index (κ2) is 7.63. The molecule has 1 atom stereocenters. The Bertz CT molecular complexity index is 936. The third-order valence-corrected chi connectivity index (χ3v) is 6.11. The number of likely N-dealkylation sites (N-methyl/N-ethyl adjacent to an activating group) is 1. The van der Waals surface area contributed by atoms with Gasteiger partial charge in [-0.05, 0) is 38.8 Å². The molecule has 25 heavy (non-hydrogen) atoms. The molecule has 0 amide bonds. The fourth-order valence-corrected chi connectivity index (χ4v) is 3.96. The topological polar surface area (TPSA) is 63.4 Å². The van der Waals surface area contributed by atoms with E-state index >= 15 is 0 Å². The summed E-state index contributed by atoms with van der Waals surface area (Å²) in [6, 6.07) is 5.90. The molecule has 3 aromatic heterocycles. The number of thioether (sulfide) groups is 1. The van der Waals surface area contributed by atoms with Gasteiger partial charge in [-0.15, -0.1) is 5.10 Å². The summed E-state index contributed by atoms with van der Waals surface area (Å²) in [5.74, 6) is 0. The maximum Gasteiger partial charge on any atom is 0.275 e. The highest BCUT2D eigenvalue weighted by Crippen LogP contribution is 2.20. The smallest absolute Gasteiger partial charge is 0.275 e. The van der Waals surface area contributed by atoms with Crippen molar-refractivity contribution in [2.75, 3.05) is 13.3 Å². The first-order chi connectivity index (χ1) is 12.0. The fraction of sp³-hybridized carbons (Fsp3) is 0.412. The molecule has 0 aromatic carbocycles. The zero-order valence-electron chi connectivity index (χ0n) is 14.8. The number of aromatic nitrogens is 4. The van der Waals surface area contributed by atoms with E-state index in [0.29, 0.717) is 11.5 Å². The van der Waals surface area contributed by atoms with Crippen LogP contribution in [0.2, 0.25) is 0 Å². The van der Waals surface area contributed by atoms with Crippen molar-refractivity contribution in [1.29, 1.82) is 0 Å². The summed E-state index contributed by atoms with van der Waals surface area (Å²) in [4.78, 5) is 24.2. The molecule has 0 radical (unpaired) electrons. The number of aryl methyl sites for hydroxylation is 1. The molecule has 3 aromatic rings. The Morgan fingerprint density at radius 1 is 1.44 bits per heavy atom. The van der Waals surface area contributed by atoms with Crippen molar-refractivity contribution in [3.63, 3.8) is 0 Å². The summed E-state index contributed by atoms with van der Waals surface area (Å²) in [6.45, 7) is 4.86. The Kier molecular flexibility index (Phi) is 5.51. The van der Waals surface area contributed by atoms with Crippen LogP contribution in [0, 0.1) is 6.92 Å². The second-order valence-corrected chi connectivity index (χ2v) is 8.10. The van der Waals surface area contributed by atoms with E-state index in [2.05, 4.69) is 39.9 Å². The van der Waals surface area contributed by atoms with Crippen LogP contribution < -0.4 is 5.56 Å². The van der Waals surface area contributed by atoms with E-state index in [9.17, 15) is 4.79 Å². The maximum absolute atomic E-state index is 12.2. The van der Waals surface area contributed by atoms with Crippen molar-refractivity contribution in [3.8, 4) is 0 Å². The lowest BCUT2D eigenvalue weighted by molar-refractivity contribution is 0.244. The van der Waals surface area contributed by atoms with E-state index in [1.165, 1.54) is 33.2 Å². The van der Waals surface area contributed by atoms with Gasteiger partial charge in [-0.2, -0.15) is 4.52 Å². The molecule has 0 fully saturated rings. The first-order valence-electron chi connectivity index (χ1n) is 8.02. The van der Waals surface area contributed by atoms with Crippen LogP contribution in [0.1, 0.15) is 23.9 Å². The van der Waals surface area contributed by atoms with Crippen LogP contribution in [0.4, 0.5) is 0 Å². The van der Waals surface area contributed by atoms with E-state index in [4.69, 9.17) is 0 Å². The molecule has 3 rings (SSSR count). The lowest BCUT2D eigenvalue weighted by Gasteiger charge is -2.24. The van der Waals surface area contributed by atoms with E-state index in [-0.39, 0.29) is 11.6 Å². The van der Waals surface area contributed by atoms with Crippen molar-refractivity contribution in [3.05, 3.63) is 51.7 Å². The fourth-order valence-electron chi connectivity index (χ4n) is 2.58. The third kappa shape index (κ3) is 4.08. The lowest BCUT2D eigenvalue weighted by atomic mass is 10.1. The van der Waals surface area contributed by atoms with Crippen LogP contribution in [-0.2, 0) is 13.0 Å². The number of nitrogens with zero attached hydrogens (tertiary/aromatic N) is 5. The van der Waals surface area contributed by atoms with Crippen LogP contribution in [0.25, 0.3) is 4.96 Å². The largest absolute Gasteiger partial charge is 0.297 e. The Morgan fingerprint density at radius 2 is 2.24 bits per heavy atom. The first-order valence-corrected chi connectivity index (χ1v) is 10.1. The number of pyridine rings is 1. The highest BCUT2D eigenvalue weighted by Gasteiger charge is 2.15. The Hall–Kier alpha value is -1.77. The molecule has 0 aliphatic carbocycles. The summed E-state index contributed by atoms with van der Waals surface area (Å²) >= 11 is 2.96. The van der Waals surface area contributed by atoms with Crippen LogP contribution in [0.5, 0.6) is 0 Å². The zero-order chi connectivity index (χ0) is 18.0. The van der Waals surface area contributed by atoms with Gasteiger partial charge in [0.15, 0.2) is 4.34 Å². The standard InChI is InChI=1S/C17H21N5OS2/c1-11-6-5-7-18-14(11)8-12(2)21(3)10-13-9-15(23)22-16(19-13)25-17(20-22)24-4/h5-7,9,12H,8,10H2,1-4H3. The van der Waals surface area contributed by atoms with Crippen LogP contribution >= 0.6 is 23.1 Å². The van der Waals surface area contributed by atoms with Gasteiger partial charge in [-0.1, -0.05) is 29.2 Å². The van der Waals surface area contributed by atoms with Gasteiger partial charge in [0.2, 0.25) is 4.96 Å². The zero-order valence-corrected chi connectivity index (χ0v) is 16.4. The summed E-state index contributed by atoms with van der Waals surface area (Å²) in [6.07, 6.45) is 4.64. The van der Waals surface area contributed by atoms with Crippen LogP contribution in [0.15, 0.2) is 33.5 Å². The summed E-state index contributed by atoms with van der Waals surface area (Å²) in [5.41, 5.74) is 2.96. The van der Waals surface area contributed by atoms with Gasteiger partial charge in [-0.3, -0.25) is 14.7 Å². The van der Waals surface area contributed by atoms with Gasteiger partial charge in [0.05, 0.1) is 5.69 Å². The molecule has 0 aliphatic heterocycles. The molecule has 0 N–H and O–H groups in total. The normalized spacial score (nSPS) is 12.8. The van der Waals surface area contributed by atoms with Crippen LogP contribution in [0.3, 0.4) is 0 Å². The number of fused-ring (bicyclic) bond motifs is 1. The number of hydrogen-bond donors (Lipinski definition) is 0. The van der Waals surface area contributed by atoms with Crippen molar-refractivity contribution in [2.24, 2.45) is 0 Å². The summed E-state index contributed by atoms with van der Waals surface area (Å²) < 4.78 is 2.22. The van der Waals surface area contributed by atoms with Crippen molar-refractivity contribution >= 4 is 28.1 Å². The lowest BCUT2D eigenvalue weighted by Crippen LogP contribution is -2.32. The minimum Gasteiger partial charge on any atom is -0.297 e. The van der Waals surface area contributed by atoms with Gasteiger partial charge in [-0.25, -0.2) is 4.98 Å². The summed E-state index contributed by atoms with van der Waals surface area (Å²) in [7, 11) is 2.05. The molecule has 0 bridgehead atoms. The molecule has 0 spiro atoms. The molecule has 0 saturated carbocycles. The third-order valence-electron chi connectivity index (χ3n) is 4.22. The van der Waals surface area contributed by atoms with Gasteiger partial charge in [0.1, 0.15) is 0 Å². The Balaban J connectivity index is 1.76. The minimum atomic E-state index is -0.127. The monoisotopic (exact) mass is 375 g/mol. The SMILES string of the molecule is CSc1nn2c(=O)cc(CN(C)C(C)Cc3ncccc3C)nc2s1. The van der Waals surface area contributed by atoms with Gasteiger partial charge in [0, 0.05) is 37.0 Å². The number of hydrogen-bond acceptors (Lipinski definition) is 7. The highest BCUT2D eigenvalue weighted by molar-refractivity contribution is 8.00. The Labute approximate surface area is 154 Å². The number of rotatable bonds is 6. The molecule has 0 saturated heterocycles. The molecule has 8 heteroatoms. The van der Waals surface area contributed by atoms with E-state index in [1.807, 2.05) is 25.6 Å². The van der Waals surface area contributed by atoms with E-state index in [1.54, 1.807) is 6.07 Å². The van der Waals surface area contributed by atoms with Crippen molar-refractivity contribution < 1.29 is 0 Å². The van der Waals surface area contributed by atoms with Gasteiger partial charge >= 0.3 is 0 Å². The quantitative estimate of drug-likeness (QED) is 0.617. The van der Waals surface area contributed by atoms with Gasteiger partial charge < -0.3 is 0 Å². The molecular formula is C17H21N5OS2. The van der Waals surface area contributed by atoms with E-state index < -0.39 is 0 Å². The molecule has 132 valence electrons. The first kappa shape index (κ1) is 18.0.